The smallest absolute Gasteiger partial charge is 0.127 e. The molecule has 2 heteroatoms. The maximum Gasteiger partial charge on any atom is 0.127 e. The van der Waals surface area contributed by atoms with Crippen molar-refractivity contribution in [3.05, 3.63) is 54.6 Å². The fourth-order valence-electron chi connectivity index (χ4n) is 2.20. The Morgan fingerprint density at radius 1 is 0.750 bits per heavy atom. The summed E-state index contributed by atoms with van der Waals surface area (Å²) in [7, 11) is 0. The average molecular weight is 270 g/mol. The number of hydrogen-bond donors (Lipinski definition) is 1. The minimum absolute atomic E-state index is 0.289. The van der Waals surface area contributed by atoms with E-state index >= 15 is 0 Å². The van der Waals surface area contributed by atoms with Crippen LogP contribution < -0.4 is 4.74 Å². The van der Waals surface area contributed by atoms with Gasteiger partial charge in [-0.1, -0.05) is 55.0 Å². The number of benzene rings is 2. The monoisotopic (exact) mass is 270 g/mol. The number of ether oxygens (including phenoxy) is 1. The maximum atomic E-state index is 8.73. The van der Waals surface area contributed by atoms with Gasteiger partial charge in [0.05, 0.1) is 6.61 Å². The van der Waals surface area contributed by atoms with Crippen LogP contribution in [0.5, 0.6) is 5.75 Å². The predicted molar refractivity (Wildman–Crippen MR) is 82.9 cm³/mol. The highest BCUT2D eigenvalue weighted by atomic mass is 16.5. The molecular formula is C18H22O2. The number of para-hydroxylation sites is 1. The standard InChI is InChI=1S/C18H22O2/c19-14-8-1-2-9-15-20-18-13-7-6-12-17(18)16-10-4-3-5-11-16/h3-7,10-13,19H,1-2,8-9,14-15H2. The highest BCUT2D eigenvalue weighted by Crippen LogP contribution is 2.29. The first-order chi connectivity index (χ1) is 9.92. The van der Waals surface area contributed by atoms with Gasteiger partial charge in [0.15, 0.2) is 0 Å². The van der Waals surface area contributed by atoms with Crippen LogP contribution in [0.4, 0.5) is 0 Å². The molecule has 20 heavy (non-hydrogen) atoms. The van der Waals surface area contributed by atoms with Gasteiger partial charge in [0.2, 0.25) is 0 Å². The van der Waals surface area contributed by atoms with Crippen LogP contribution in [-0.4, -0.2) is 18.3 Å². The first kappa shape index (κ1) is 14.6. The van der Waals surface area contributed by atoms with Gasteiger partial charge in [-0.15, -0.1) is 0 Å². The van der Waals surface area contributed by atoms with Gasteiger partial charge in [0, 0.05) is 12.2 Å². The third-order valence-corrected chi connectivity index (χ3v) is 3.28. The lowest BCUT2D eigenvalue weighted by atomic mass is 10.1. The molecule has 0 unspecified atom stereocenters. The second-order valence-electron chi connectivity index (χ2n) is 4.85. The van der Waals surface area contributed by atoms with Crippen LogP contribution in [0.3, 0.4) is 0 Å². The molecule has 0 bridgehead atoms. The van der Waals surface area contributed by atoms with Crippen LogP contribution in [0.25, 0.3) is 11.1 Å². The van der Waals surface area contributed by atoms with Crippen molar-refractivity contribution in [2.75, 3.05) is 13.2 Å². The Kier molecular flexibility index (Phi) is 6.12. The molecule has 0 aliphatic rings. The van der Waals surface area contributed by atoms with Crippen molar-refractivity contribution in [2.24, 2.45) is 0 Å². The van der Waals surface area contributed by atoms with E-state index in [1.165, 1.54) is 5.56 Å². The molecule has 0 saturated carbocycles. The van der Waals surface area contributed by atoms with Crippen molar-refractivity contribution in [3.63, 3.8) is 0 Å². The first-order valence-electron chi connectivity index (χ1n) is 7.30. The zero-order valence-corrected chi connectivity index (χ0v) is 11.8. The number of unbranched alkanes of at least 4 members (excludes halogenated alkanes) is 3. The van der Waals surface area contributed by atoms with E-state index in [9.17, 15) is 0 Å². The van der Waals surface area contributed by atoms with Gasteiger partial charge < -0.3 is 9.84 Å². The number of rotatable bonds is 8. The molecule has 0 spiro atoms. The predicted octanol–water partition coefficient (Wildman–Crippen LogP) is 4.29. The maximum absolute atomic E-state index is 8.73. The van der Waals surface area contributed by atoms with E-state index in [-0.39, 0.29) is 6.61 Å². The van der Waals surface area contributed by atoms with Gasteiger partial charge >= 0.3 is 0 Å². The Bertz CT molecular complexity index is 494. The lowest BCUT2D eigenvalue weighted by Gasteiger charge is -2.11. The summed E-state index contributed by atoms with van der Waals surface area (Å²) in [6.45, 7) is 1.02. The molecule has 2 nitrogen and oxygen atoms in total. The molecule has 0 radical (unpaired) electrons. The van der Waals surface area contributed by atoms with Crippen molar-refractivity contribution >= 4 is 0 Å². The molecule has 2 rings (SSSR count). The lowest BCUT2D eigenvalue weighted by molar-refractivity contribution is 0.273. The number of hydrogen-bond acceptors (Lipinski definition) is 2. The van der Waals surface area contributed by atoms with E-state index < -0.39 is 0 Å². The number of aliphatic hydroxyl groups is 1. The Morgan fingerprint density at radius 3 is 2.25 bits per heavy atom. The Morgan fingerprint density at radius 2 is 1.45 bits per heavy atom. The van der Waals surface area contributed by atoms with Crippen LogP contribution in [0.1, 0.15) is 25.7 Å². The molecule has 0 aromatic heterocycles. The summed E-state index contributed by atoms with van der Waals surface area (Å²) in [5, 5.41) is 8.73. The van der Waals surface area contributed by atoms with Gasteiger partial charge in [-0.2, -0.15) is 0 Å². The molecule has 0 fully saturated rings. The topological polar surface area (TPSA) is 29.5 Å². The third kappa shape index (κ3) is 4.39. The minimum Gasteiger partial charge on any atom is -0.493 e. The van der Waals surface area contributed by atoms with Crippen molar-refractivity contribution < 1.29 is 9.84 Å². The SMILES string of the molecule is OCCCCCCOc1ccccc1-c1ccccc1. The quantitative estimate of drug-likeness (QED) is 0.725. The van der Waals surface area contributed by atoms with Crippen molar-refractivity contribution in [1.29, 1.82) is 0 Å². The second-order valence-corrected chi connectivity index (χ2v) is 4.85. The van der Waals surface area contributed by atoms with E-state index in [1.807, 2.05) is 36.4 Å². The molecule has 0 heterocycles. The van der Waals surface area contributed by atoms with Crippen LogP contribution in [-0.2, 0) is 0 Å². The molecule has 0 atom stereocenters. The van der Waals surface area contributed by atoms with E-state index in [0.717, 1.165) is 43.6 Å². The van der Waals surface area contributed by atoms with Gasteiger partial charge in [0.1, 0.15) is 5.75 Å². The highest BCUT2D eigenvalue weighted by molar-refractivity contribution is 5.70. The average Bonchev–Trinajstić information content (AvgIpc) is 2.52. The third-order valence-electron chi connectivity index (χ3n) is 3.28. The van der Waals surface area contributed by atoms with E-state index in [0.29, 0.717) is 0 Å². The molecule has 2 aromatic carbocycles. The molecule has 0 amide bonds. The van der Waals surface area contributed by atoms with E-state index in [1.54, 1.807) is 0 Å². The van der Waals surface area contributed by atoms with Crippen LogP contribution in [0.2, 0.25) is 0 Å². The normalized spacial score (nSPS) is 10.4. The van der Waals surface area contributed by atoms with E-state index in [2.05, 4.69) is 18.2 Å². The second kappa shape index (κ2) is 8.39. The van der Waals surface area contributed by atoms with Gasteiger partial charge in [-0.25, -0.2) is 0 Å². The summed E-state index contributed by atoms with van der Waals surface area (Å²) in [6, 6.07) is 18.5. The molecule has 1 N–H and O–H groups in total. The fourth-order valence-corrected chi connectivity index (χ4v) is 2.20. The molecular weight excluding hydrogens is 248 g/mol. The molecule has 0 aliphatic heterocycles. The van der Waals surface area contributed by atoms with Gasteiger partial charge in [-0.05, 0) is 30.9 Å². The summed E-state index contributed by atoms with van der Waals surface area (Å²) < 4.78 is 5.91. The zero-order chi connectivity index (χ0) is 14.0. The first-order valence-corrected chi connectivity index (χ1v) is 7.30. The van der Waals surface area contributed by atoms with Crippen molar-refractivity contribution in [2.45, 2.75) is 25.7 Å². The molecule has 106 valence electrons. The Labute approximate surface area is 121 Å². The van der Waals surface area contributed by atoms with Gasteiger partial charge in [-0.3, -0.25) is 0 Å². The van der Waals surface area contributed by atoms with Crippen molar-refractivity contribution in [1.82, 2.24) is 0 Å². The Hall–Kier alpha value is -1.80. The molecule has 0 saturated heterocycles. The summed E-state index contributed by atoms with van der Waals surface area (Å²) in [5.74, 6) is 0.945. The summed E-state index contributed by atoms with van der Waals surface area (Å²) in [5.41, 5.74) is 2.33. The fraction of sp³-hybridized carbons (Fsp3) is 0.333. The van der Waals surface area contributed by atoms with Crippen LogP contribution in [0, 0.1) is 0 Å². The summed E-state index contributed by atoms with van der Waals surface area (Å²) in [6.07, 6.45) is 4.10. The van der Waals surface area contributed by atoms with E-state index in [4.69, 9.17) is 9.84 Å². The van der Waals surface area contributed by atoms with Crippen molar-refractivity contribution in [3.8, 4) is 16.9 Å². The Balaban J connectivity index is 1.92. The molecule has 2 aromatic rings. The lowest BCUT2D eigenvalue weighted by Crippen LogP contribution is -1.99. The zero-order valence-electron chi connectivity index (χ0n) is 11.8. The molecule has 0 aliphatic carbocycles. The van der Waals surface area contributed by atoms with Crippen LogP contribution >= 0.6 is 0 Å². The largest absolute Gasteiger partial charge is 0.493 e. The van der Waals surface area contributed by atoms with Crippen LogP contribution in [0.15, 0.2) is 54.6 Å². The minimum atomic E-state index is 0.289. The highest BCUT2D eigenvalue weighted by Gasteiger charge is 2.04. The summed E-state index contributed by atoms with van der Waals surface area (Å²) in [4.78, 5) is 0. The van der Waals surface area contributed by atoms with Gasteiger partial charge in [0.25, 0.3) is 0 Å². The number of aliphatic hydroxyl groups excluding tert-OH is 1. The summed E-state index contributed by atoms with van der Waals surface area (Å²) >= 11 is 0.